The minimum Gasteiger partial charge on any atom is -0.409 e. The lowest BCUT2D eigenvalue weighted by molar-refractivity contribution is 0.304. The first-order chi connectivity index (χ1) is 8.86. The molecule has 0 aliphatic heterocycles. The van der Waals surface area contributed by atoms with E-state index in [4.69, 9.17) is 22.5 Å². The van der Waals surface area contributed by atoms with Crippen molar-refractivity contribution in [3.8, 4) is 0 Å². The van der Waals surface area contributed by atoms with Crippen LogP contribution in [0, 0.1) is 5.41 Å². The van der Waals surface area contributed by atoms with Crippen molar-refractivity contribution in [1.82, 2.24) is 5.32 Å². The molecule has 0 aliphatic carbocycles. The van der Waals surface area contributed by atoms with E-state index in [9.17, 15) is 0 Å². The van der Waals surface area contributed by atoms with Gasteiger partial charge in [-0.2, -0.15) is 0 Å². The van der Waals surface area contributed by atoms with Gasteiger partial charge in [0.15, 0.2) is 0 Å². The average molecular weight is 284 g/mol. The van der Waals surface area contributed by atoms with Gasteiger partial charge in [-0.25, -0.2) is 0 Å². The molecule has 0 heterocycles. The summed E-state index contributed by atoms with van der Waals surface area (Å²) in [6, 6.07) is 8.00. The molecular formula is C14H22ClN3O. The molecule has 0 aromatic heterocycles. The van der Waals surface area contributed by atoms with Gasteiger partial charge in [0.1, 0.15) is 5.84 Å². The number of rotatable bonds is 6. The molecule has 0 fully saturated rings. The molecule has 19 heavy (non-hydrogen) atoms. The van der Waals surface area contributed by atoms with Crippen LogP contribution < -0.4 is 11.1 Å². The molecule has 0 saturated heterocycles. The quantitative estimate of drug-likeness (QED) is 0.325. The Morgan fingerprint density at radius 2 is 2.21 bits per heavy atom. The maximum atomic E-state index is 8.72. The van der Waals surface area contributed by atoms with Gasteiger partial charge >= 0.3 is 0 Å². The normalized spacial score (nSPS) is 14.4. The van der Waals surface area contributed by atoms with Crippen LogP contribution in [0.1, 0.15) is 38.8 Å². The molecule has 1 unspecified atom stereocenters. The number of nitrogens with one attached hydrogen (secondary N) is 1. The standard InChI is InChI=1S/C14H22ClN3O/c1-10(11-5-4-6-12(15)9-11)17-8-7-14(2,3)13(16)18-19/h4-6,9-10,17,19H,7-8H2,1-3H3,(H2,16,18). The number of benzene rings is 1. The van der Waals surface area contributed by atoms with Crippen molar-refractivity contribution >= 4 is 17.4 Å². The molecule has 0 aliphatic rings. The largest absolute Gasteiger partial charge is 0.409 e. The highest BCUT2D eigenvalue weighted by molar-refractivity contribution is 6.30. The fourth-order valence-electron chi connectivity index (χ4n) is 1.76. The Morgan fingerprint density at radius 3 is 2.79 bits per heavy atom. The van der Waals surface area contributed by atoms with Crippen molar-refractivity contribution in [1.29, 1.82) is 0 Å². The summed E-state index contributed by atoms with van der Waals surface area (Å²) < 4.78 is 0. The Hall–Kier alpha value is -1.26. The van der Waals surface area contributed by atoms with Gasteiger partial charge in [-0.3, -0.25) is 0 Å². The van der Waals surface area contributed by atoms with Crippen molar-refractivity contribution in [3.63, 3.8) is 0 Å². The predicted molar refractivity (Wildman–Crippen MR) is 79.7 cm³/mol. The minimum absolute atomic E-state index is 0.210. The van der Waals surface area contributed by atoms with Crippen molar-refractivity contribution in [3.05, 3.63) is 34.9 Å². The van der Waals surface area contributed by atoms with Crippen molar-refractivity contribution in [2.24, 2.45) is 16.3 Å². The molecule has 0 saturated carbocycles. The van der Waals surface area contributed by atoms with Crippen LogP contribution in [-0.4, -0.2) is 17.6 Å². The van der Waals surface area contributed by atoms with Crippen LogP contribution in [0.3, 0.4) is 0 Å². The smallest absolute Gasteiger partial charge is 0.144 e. The zero-order valence-electron chi connectivity index (χ0n) is 11.7. The van der Waals surface area contributed by atoms with Gasteiger partial charge in [-0.1, -0.05) is 42.7 Å². The van der Waals surface area contributed by atoms with E-state index >= 15 is 0 Å². The summed E-state index contributed by atoms with van der Waals surface area (Å²) in [5.41, 5.74) is 6.48. The highest BCUT2D eigenvalue weighted by Crippen LogP contribution is 2.21. The van der Waals surface area contributed by atoms with E-state index in [1.54, 1.807) is 0 Å². The second-order valence-electron chi connectivity index (χ2n) is 5.35. The van der Waals surface area contributed by atoms with E-state index in [0.717, 1.165) is 23.6 Å². The van der Waals surface area contributed by atoms with Gasteiger partial charge in [-0.05, 0) is 37.6 Å². The molecule has 1 atom stereocenters. The van der Waals surface area contributed by atoms with Gasteiger partial charge in [0, 0.05) is 16.5 Å². The molecule has 1 rings (SSSR count). The zero-order valence-corrected chi connectivity index (χ0v) is 12.4. The lowest BCUT2D eigenvalue weighted by Gasteiger charge is -2.24. The summed E-state index contributed by atoms with van der Waals surface area (Å²) in [5, 5.41) is 15.9. The van der Waals surface area contributed by atoms with Crippen LogP contribution >= 0.6 is 11.6 Å². The van der Waals surface area contributed by atoms with Crippen molar-refractivity contribution in [2.75, 3.05) is 6.54 Å². The highest BCUT2D eigenvalue weighted by Gasteiger charge is 2.23. The Kier molecular flexibility index (Phi) is 5.63. The number of nitrogens with two attached hydrogens (primary N) is 1. The molecule has 0 radical (unpaired) electrons. The molecule has 0 bridgehead atoms. The van der Waals surface area contributed by atoms with E-state index in [1.165, 1.54) is 0 Å². The maximum absolute atomic E-state index is 8.72. The summed E-state index contributed by atoms with van der Waals surface area (Å²) in [4.78, 5) is 0. The Bertz CT molecular complexity index is 446. The van der Waals surface area contributed by atoms with Gasteiger partial charge in [0.25, 0.3) is 0 Å². The summed E-state index contributed by atoms with van der Waals surface area (Å²) in [7, 11) is 0. The van der Waals surface area contributed by atoms with Crippen LogP contribution in [-0.2, 0) is 0 Å². The van der Waals surface area contributed by atoms with Crippen LogP contribution in [0.15, 0.2) is 29.4 Å². The second kappa shape index (κ2) is 6.78. The summed E-state index contributed by atoms with van der Waals surface area (Å²) in [5.74, 6) is 0.254. The molecule has 0 spiro atoms. The first kappa shape index (κ1) is 15.8. The first-order valence-electron chi connectivity index (χ1n) is 6.33. The molecule has 4 nitrogen and oxygen atoms in total. The predicted octanol–water partition coefficient (Wildman–Crippen LogP) is 3.15. The minimum atomic E-state index is -0.324. The van der Waals surface area contributed by atoms with Crippen LogP contribution in [0.2, 0.25) is 5.02 Å². The van der Waals surface area contributed by atoms with E-state index < -0.39 is 0 Å². The van der Waals surface area contributed by atoms with Gasteiger partial charge in [-0.15, -0.1) is 0 Å². The Labute approximate surface area is 119 Å². The number of amidine groups is 1. The molecule has 1 aromatic carbocycles. The van der Waals surface area contributed by atoms with Crippen LogP contribution in [0.4, 0.5) is 0 Å². The van der Waals surface area contributed by atoms with Gasteiger partial charge in [0.2, 0.25) is 0 Å². The number of oxime groups is 1. The fourth-order valence-corrected chi connectivity index (χ4v) is 1.96. The number of hydrogen-bond acceptors (Lipinski definition) is 3. The number of nitrogens with zero attached hydrogens (tertiary/aromatic N) is 1. The number of halogens is 1. The summed E-state index contributed by atoms with van der Waals surface area (Å²) in [6.07, 6.45) is 0.786. The molecule has 0 amide bonds. The molecule has 106 valence electrons. The van der Waals surface area contributed by atoms with Crippen LogP contribution in [0.25, 0.3) is 0 Å². The third kappa shape index (κ3) is 4.73. The second-order valence-corrected chi connectivity index (χ2v) is 5.79. The lowest BCUT2D eigenvalue weighted by atomic mass is 9.88. The monoisotopic (exact) mass is 283 g/mol. The molecule has 1 aromatic rings. The molecule has 4 N–H and O–H groups in total. The van der Waals surface area contributed by atoms with Crippen LogP contribution in [0.5, 0.6) is 0 Å². The SMILES string of the molecule is CC(NCCC(C)(C)C(N)=NO)c1cccc(Cl)c1. The van der Waals surface area contributed by atoms with Crippen molar-refractivity contribution in [2.45, 2.75) is 33.2 Å². The fraction of sp³-hybridized carbons (Fsp3) is 0.500. The van der Waals surface area contributed by atoms with E-state index in [0.29, 0.717) is 0 Å². The topological polar surface area (TPSA) is 70.6 Å². The summed E-state index contributed by atoms with van der Waals surface area (Å²) >= 11 is 5.97. The Morgan fingerprint density at radius 1 is 1.53 bits per heavy atom. The lowest BCUT2D eigenvalue weighted by Crippen LogP contribution is -2.35. The van der Waals surface area contributed by atoms with E-state index in [-0.39, 0.29) is 17.3 Å². The van der Waals surface area contributed by atoms with Gasteiger partial charge in [0.05, 0.1) is 0 Å². The summed E-state index contributed by atoms with van der Waals surface area (Å²) in [6.45, 7) is 6.76. The van der Waals surface area contributed by atoms with E-state index in [1.807, 2.05) is 38.1 Å². The van der Waals surface area contributed by atoms with E-state index in [2.05, 4.69) is 17.4 Å². The zero-order chi connectivity index (χ0) is 14.5. The Balaban J connectivity index is 2.50. The first-order valence-corrected chi connectivity index (χ1v) is 6.71. The third-order valence-corrected chi connectivity index (χ3v) is 3.59. The average Bonchev–Trinajstić information content (AvgIpc) is 2.37. The maximum Gasteiger partial charge on any atom is 0.144 e. The number of hydrogen-bond donors (Lipinski definition) is 3. The molecule has 5 heteroatoms. The highest BCUT2D eigenvalue weighted by atomic mass is 35.5. The van der Waals surface area contributed by atoms with Crippen molar-refractivity contribution < 1.29 is 5.21 Å². The van der Waals surface area contributed by atoms with Gasteiger partial charge < -0.3 is 16.3 Å². The third-order valence-electron chi connectivity index (χ3n) is 3.35. The molecular weight excluding hydrogens is 262 g/mol.